The van der Waals surface area contributed by atoms with E-state index in [0.717, 1.165) is 66.4 Å². The fourth-order valence-electron chi connectivity index (χ4n) is 7.91. The monoisotopic (exact) mass is 923 g/mol. The van der Waals surface area contributed by atoms with Gasteiger partial charge in [-0.05, 0) is 93.5 Å². The summed E-state index contributed by atoms with van der Waals surface area (Å²) in [4.78, 5) is 93.7. The van der Waals surface area contributed by atoms with Crippen LogP contribution in [-0.2, 0) is 59.1 Å². The highest BCUT2D eigenvalue weighted by molar-refractivity contribution is 7.17. The zero-order valence-corrected chi connectivity index (χ0v) is 38.6. The molecule has 1 saturated carbocycles. The molecule has 1 aromatic carbocycles. The molecule has 1 saturated heterocycles. The standard InChI is InChI=1S/C47H65N5O12S/c1-3-50(37-9-7-8-34(2)30-37)45(57)33-51-38-18-29-65-41(38)32-39(51)40(53)31-35-11-13-36(14-12-35)47(59)49-19-6-4-5-10-42(54)48-20-22-61-24-26-63-28-27-62-25-23-60-21-17-46(58)64-52-43(55)15-16-44(52)56/h7-9,18,29-30,32,35-36H,3-6,10-17,19-28,31,33H2,1-2H3,(H,48,54)(H,49,59). The number of hydroxylamine groups is 2. The molecular weight excluding hydrogens is 859 g/mol. The van der Waals surface area contributed by atoms with Crippen LogP contribution in [0.1, 0.15) is 100 Å². The number of hydrogen-bond donors (Lipinski definition) is 2. The number of likely N-dealkylation sites (N-methyl/N-ethyl adjacent to an activating group) is 1. The van der Waals surface area contributed by atoms with Gasteiger partial charge < -0.3 is 43.9 Å². The van der Waals surface area contributed by atoms with E-state index in [1.54, 1.807) is 16.2 Å². The third kappa shape index (κ3) is 16.7. The molecule has 1 aliphatic heterocycles. The van der Waals surface area contributed by atoms with Crippen molar-refractivity contribution in [1.29, 1.82) is 0 Å². The van der Waals surface area contributed by atoms with Crippen LogP contribution in [0.2, 0.25) is 0 Å². The number of Topliss-reactive ketones (excluding diaryl/α,β-unsaturated/α-hetero) is 1. The number of rotatable bonds is 30. The van der Waals surface area contributed by atoms with Gasteiger partial charge in [-0.15, -0.1) is 16.4 Å². The number of anilines is 1. The maximum Gasteiger partial charge on any atom is 0.335 e. The van der Waals surface area contributed by atoms with Crippen LogP contribution in [0.25, 0.3) is 10.2 Å². The Balaban J connectivity index is 0.823. The van der Waals surface area contributed by atoms with E-state index < -0.39 is 17.8 Å². The fraction of sp³-hybridized carbons (Fsp3) is 0.596. The summed E-state index contributed by atoms with van der Waals surface area (Å²) in [5.41, 5.74) is 3.40. The van der Waals surface area contributed by atoms with E-state index in [1.807, 2.05) is 60.2 Å². The molecule has 0 bridgehead atoms. The van der Waals surface area contributed by atoms with Gasteiger partial charge in [0.1, 0.15) is 6.54 Å². The minimum atomic E-state index is -0.715. The van der Waals surface area contributed by atoms with Gasteiger partial charge >= 0.3 is 5.97 Å². The summed E-state index contributed by atoms with van der Waals surface area (Å²) < 4.78 is 24.5. The number of amides is 5. The van der Waals surface area contributed by atoms with Crippen molar-refractivity contribution in [2.75, 3.05) is 77.4 Å². The molecule has 5 rings (SSSR count). The van der Waals surface area contributed by atoms with Crippen LogP contribution in [0.15, 0.2) is 41.8 Å². The number of imide groups is 1. The van der Waals surface area contributed by atoms with Crippen molar-refractivity contribution >= 4 is 68.5 Å². The molecule has 17 nitrogen and oxygen atoms in total. The average Bonchev–Trinajstić information content (AvgIpc) is 3.99. The van der Waals surface area contributed by atoms with Gasteiger partial charge in [0.2, 0.25) is 17.7 Å². The molecule has 2 fully saturated rings. The number of nitrogens with one attached hydrogen (secondary N) is 2. The van der Waals surface area contributed by atoms with E-state index in [-0.39, 0.29) is 74.4 Å². The predicted molar refractivity (Wildman–Crippen MR) is 243 cm³/mol. The van der Waals surface area contributed by atoms with Crippen LogP contribution >= 0.6 is 11.3 Å². The van der Waals surface area contributed by atoms with Gasteiger partial charge in [0, 0.05) is 56.9 Å². The Kier molecular flexibility index (Phi) is 21.5. The number of ketones is 1. The molecule has 18 heteroatoms. The van der Waals surface area contributed by atoms with Crippen molar-refractivity contribution in [3.05, 3.63) is 53.0 Å². The lowest BCUT2D eigenvalue weighted by molar-refractivity contribution is -0.198. The van der Waals surface area contributed by atoms with Crippen LogP contribution in [0.5, 0.6) is 0 Å². The first-order chi connectivity index (χ1) is 31.5. The van der Waals surface area contributed by atoms with Crippen molar-refractivity contribution in [3.63, 3.8) is 0 Å². The van der Waals surface area contributed by atoms with E-state index in [1.165, 1.54) is 0 Å². The molecule has 2 N–H and O–H groups in total. The number of nitrogens with zero attached hydrogens (tertiary/aromatic N) is 3. The number of carbonyl (C=O) groups is 7. The first kappa shape index (κ1) is 51.0. The number of aromatic nitrogens is 1. The zero-order valence-electron chi connectivity index (χ0n) is 37.8. The second-order valence-electron chi connectivity index (χ2n) is 16.3. The Hall–Kier alpha value is -5.01. The number of unbranched alkanes of at least 4 members (excludes halogenated alkanes) is 2. The zero-order chi connectivity index (χ0) is 46.4. The lowest BCUT2D eigenvalue weighted by Crippen LogP contribution is -2.35. The van der Waals surface area contributed by atoms with Crippen molar-refractivity contribution in [2.24, 2.45) is 11.8 Å². The number of carbonyl (C=O) groups excluding carboxylic acids is 7. The van der Waals surface area contributed by atoms with E-state index in [9.17, 15) is 33.6 Å². The third-order valence-electron chi connectivity index (χ3n) is 11.4. The molecule has 3 aromatic rings. The van der Waals surface area contributed by atoms with Crippen LogP contribution in [0.3, 0.4) is 0 Å². The molecule has 0 atom stereocenters. The van der Waals surface area contributed by atoms with Crippen molar-refractivity contribution in [3.8, 4) is 0 Å². The van der Waals surface area contributed by atoms with Crippen LogP contribution in [-0.4, -0.2) is 123 Å². The molecule has 5 amide bonds. The third-order valence-corrected chi connectivity index (χ3v) is 12.3. The minimum absolute atomic E-state index is 0.0371. The quantitative estimate of drug-likeness (QED) is 0.0498. The SMILES string of the molecule is CCN(C(=O)Cn1c(C(=O)CC2CCC(C(=O)NCCCCCC(=O)NCCOCCOCCOCCOCCC(=O)ON3C(=O)CCC3=O)CC2)cc2sccc21)c1cccc(C)c1. The number of fused-ring (bicyclic) bond motifs is 1. The van der Waals surface area contributed by atoms with Gasteiger partial charge in [-0.3, -0.25) is 28.8 Å². The van der Waals surface area contributed by atoms with Gasteiger partial charge in [0.15, 0.2) is 5.78 Å². The highest BCUT2D eigenvalue weighted by Gasteiger charge is 2.33. The Morgan fingerprint density at radius 3 is 2.12 bits per heavy atom. The number of ether oxygens (including phenoxy) is 4. The molecule has 0 spiro atoms. The topological polar surface area (TPSA) is 201 Å². The number of thiophene rings is 1. The second kappa shape index (κ2) is 27.5. The van der Waals surface area contributed by atoms with Gasteiger partial charge in [0.25, 0.3) is 11.8 Å². The molecule has 65 heavy (non-hydrogen) atoms. The average molecular weight is 924 g/mol. The number of benzene rings is 1. The van der Waals surface area contributed by atoms with Crippen LogP contribution in [0, 0.1) is 18.8 Å². The summed E-state index contributed by atoms with van der Waals surface area (Å²) in [6.45, 7) is 8.04. The Morgan fingerprint density at radius 2 is 1.45 bits per heavy atom. The summed E-state index contributed by atoms with van der Waals surface area (Å²) in [6.07, 6.45) is 6.23. The maximum atomic E-state index is 13.7. The Morgan fingerprint density at radius 1 is 0.769 bits per heavy atom. The highest BCUT2D eigenvalue weighted by Crippen LogP contribution is 2.33. The summed E-state index contributed by atoms with van der Waals surface area (Å²) in [5.74, 6) is -1.64. The number of hydrogen-bond acceptors (Lipinski definition) is 13. The molecule has 2 aliphatic rings. The van der Waals surface area contributed by atoms with Gasteiger partial charge in [-0.2, -0.15) is 0 Å². The van der Waals surface area contributed by atoms with Crippen LogP contribution < -0.4 is 15.5 Å². The summed E-state index contributed by atoms with van der Waals surface area (Å²) in [5, 5.41) is 8.42. The molecule has 2 aromatic heterocycles. The molecule has 1 aliphatic carbocycles. The summed E-state index contributed by atoms with van der Waals surface area (Å²) in [6, 6.07) is 11.8. The Labute approximate surface area is 384 Å². The smallest absolute Gasteiger partial charge is 0.335 e. The lowest BCUT2D eigenvalue weighted by Gasteiger charge is -2.27. The van der Waals surface area contributed by atoms with Gasteiger partial charge in [-0.25, -0.2) is 4.79 Å². The van der Waals surface area contributed by atoms with Crippen LogP contribution in [0.4, 0.5) is 5.69 Å². The van der Waals surface area contributed by atoms with E-state index in [4.69, 9.17) is 23.8 Å². The molecule has 0 unspecified atom stereocenters. The lowest BCUT2D eigenvalue weighted by atomic mass is 9.79. The second-order valence-corrected chi connectivity index (χ2v) is 17.3. The highest BCUT2D eigenvalue weighted by atomic mass is 32.1. The molecule has 356 valence electrons. The normalized spacial score (nSPS) is 16.2. The first-order valence-electron chi connectivity index (χ1n) is 22.9. The van der Waals surface area contributed by atoms with E-state index >= 15 is 0 Å². The van der Waals surface area contributed by atoms with Gasteiger partial charge in [-0.1, -0.05) is 18.6 Å². The first-order valence-corrected chi connectivity index (χ1v) is 23.8. The fourth-order valence-corrected chi connectivity index (χ4v) is 8.73. The van der Waals surface area contributed by atoms with Gasteiger partial charge in [0.05, 0.1) is 75.2 Å². The molecular formula is C47H65N5O12S. The van der Waals surface area contributed by atoms with Crippen molar-refractivity contribution < 1.29 is 57.3 Å². The predicted octanol–water partition coefficient (Wildman–Crippen LogP) is 5.30. The number of aryl methyl sites for hydroxylation is 1. The van der Waals surface area contributed by atoms with Crippen molar-refractivity contribution in [2.45, 2.75) is 97.4 Å². The van der Waals surface area contributed by atoms with E-state index in [2.05, 4.69) is 10.6 Å². The molecule has 3 heterocycles. The van der Waals surface area contributed by atoms with Crippen molar-refractivity contribution in [1.82, 2.24) is 20.3 Å². The minimum Gasteiger partial charge on any atom is -0.378 e. The largest absolute Gasteiger partial charge is 0.378 e. The Bertz CT molecular complexity index is 2030. The summed E-state index contributed by atoms with van der Waals surface area (Å²) in [7, 11) is 0. The maximum absolute atomic E-state index is 13.7. The van der Waals surface area contributed by atoms with E-state index in [0.29, 0.717) is 82.9 Å². The summed E-state index contributed by atoms with van der Waals surface area (Å²) >= 11 is 1.57. The molecule has 0 radical (unpaired) electrons.